The highest BCUT2D eigenvalue weighted by molar-refractivity contribution is 5.91. The van der Waals surface area contributed by atoms with Gasteiger partial charge in [0.1, 0.15) is 5.82 Å². The van der Waals surface area contributed by atoms with Crippen molar-refractivity contribution in [2.24, 2.45) is 7.05 Å². The Morgan fingerprint density at radius 2 is 1.74 bits per heavy atom. The smallest absolute Gasteiger partial charge is 0.259 e. The van der Waals surface area contributed by atoms with Crippen molar-refractivity contribution in [3.8, 4) is 0 Å². The third kappa shape index (κ3) is 2.34. The van der Waals surface area contributed by atoms with Crippen LogP contribution in [0.2, 0.25) is 0 Å². The van der Waals surface area contributed by atoms with Gasteiger partial charge in [0.25, 0.3) is 5.56 Å². The van der Waals surface area contributed by atoms with Gasteiger partial charge in [-0.3, -0.25) is 4.79 Å². The number of aryl methyl sites for hydroxylation is 1. The largest absolute Gasteiger partial charge is 0.350 e. The Morgan fingerprint density at radius 1 is 1.00 bits per heavy atom. The summed E-state index contributed by atoms with van der Waals surface area (Å²) in [6.07, 6.45) is 5.89. The molecular formula is C19H15N3O. The summed E-state index contributed by atoms with van der Waals surface area (Å²) in [6, 6.07) is 15.6. The summed E-state index contributed by atoms with van der Waals surface area (Å²) in [5.41, 5.74) is 2.85. The average Bonchev–Trinajstić information content (AvgIpc) is 2.90. The Kier molecular flexibility index (Phi) is 3.08. The van der Waals surface area contributed by atoms with Crippen molar-refractivity contribution in [3.63, 3.8) is 0 Å². The van der Waals surface area contributed by atoms with Gasteiger partial charge in [0.15, 0.2) is 0 Å². The van der Waals surface area contributed by atoms with Crippen LogP contribution in [0.3, 0.4) is 0 Å². The van der Waals surface area contributed by atoms with E-state index in [4.69, 9.17) is 0 Å². The van der Waals surface area contributed by atoms with Crippen LogP contribution in [0, 0.1) is 0 Å². The third-order valence-electron chi connectivity index (χ3n) is 3.98. The molecule has 0 saturated heterocycles. The number of H-pyrrole nitrogens is 1. The van der Waals surface area contributed by atoms with Crippen LogP contribution in [0.25, 0.3) is 34.0 Å². The number of hydrogen-bond donors (Lipinski definition) is 1. The lowest BCUT2D eigenvalue weighted by atomic mass is 10.1. The first-order valence-electron chi connectivity index (χ1n) is 7.43. The number of aromatic amines is 1. The Bertz CT molecular complexity index is 1100. The topological polar surface area (TPSA) is 50.7 Å². The van der Waals surface area contributed by atoms with Gasteiger partial charge in [-0.25, -0.2) is 4.98 Å². The van der Waals surface area contributed by atoms with Gasteiger partial charge < -0.3 is 9.55 Å². The summed E-state index contributed by atoms with van der Waals surface area (Å²) in [6.45, 7) is 0. The van der Waals surface area contributed by atoms with Crippen LogP contribution in [0.4, 0.5) is 0 Å². The van der Waals surface area contributed by atoms with Crippen molar-refractivity contribution >= 4 is 34.0 Å². The molecule has 4 aromatic rings. The molecule has 0 bridgehead atoms. The maximum absolute atomic E-state index is 12.1. The number of aromatic nitrogens is 3. The maximum atomic E-state index is 12.1. The predicted octanol–water partition coefficient (Wildman–Crippen LogP) is 3.59. The number of hydrogen-bond acceptors (Lipinski definition) is 2. The summed E-state index contributed by atoms with van der Waals surface area (Å²) in [5, 5.41) is 1.78. The number of para-hydroxylation sites is 2. The van der Waals surface area contributed by atoms with Gasteiger partial charge in [-0.2, -0.15) is 0 Å². The molecule has 0 fully saturated rings. The van der Waals surface area contributed by atoms with E-state index in [0.717, 1.165) is 5.56 Å². The van der Waals surface area contributed by atoms with Crippen LogP contribution >= 0.6 is 0 Å². The highest BCUT2D eigenvalue weighted by Crippen LogP contribution is 2.22. The van der Waals surface area contributed by atoms with Gasteiger partial charge >= 0.3 is 0 Å². The van der Waals surface area contributed by atoms with Gasteiger partial charge in [-0.15, -0.1) is 0 Å². The van der Waals surface area contributed by atoms with Crippen molar-refractivity contribution in [2.75, 3.05) is 0 Å². The van der Waals surface area contributed by atoms with E-state index in [1.807, 2.05) is 49.5 Å². The summed E-state index contributed by atoms with van der Waals surface area (Å²) in [4.78, 5) is 19.4. The summed E-state index contributed by atoms with van der Waals surface area (Å²) < 4.78 is 2.09. The molecule has 0 atom stereocenters. The molecular weight excluding hydrogens is 286 g/mol. The molecule has 1 N–H and O–H groups in total. The minimum absolute atomic E-state index is 0.117. The molecule has 4 heteroatoms. The second kappa shape index (κ2) is 5.25. The van der Waals surface area contributed by atoms with E-state index in [2.05, 4.69) is 32.9 Å². The quantitative estimate of drug-likeness (QED) is 0.615. The molecule has 0 amide bonds. The third-order valence-corrected chi connectivity index (χ3v) is 3.98. The molecule has 0 aliphatic heterocycles. The van der Waals surface area contributed by atoms with E-state index in [9.17, 15) is 4.79 Å². The molecule has 4 nitrogen and oxygen atoms in total. The molecule has 2 aromatic carbocycles. The molecule has 0 unspecified atom stereocenters. The number of rotatable bonds is 2. The van der Waals surface area contributed by atoms with Crippen LogP contribution in [0.15, 0.2) is 59.5 Å². The number of nitrogens with one attached hydrogen (secondary N) is 1. The van der Waals surface area contributed by atoms with Crippen LogP contribution in [-0.2, 0) is 7.05 Å². The number of nitrogens with zero attached hydrogens (tertiary/aromatic N) is 2. The number of benzene rings is 2. The van der Waals surface area contributed by atoms with Crippen molar-refractivity contribution < 1.29 is 0 Å². The molecule has 2 aromatic heterocycles. The Hall–Kier alpha value is -3.14. The fourth-order valence-corrected chi connectivity index (χ4v) is 2.86. The van der Waals surface area contributed by atoms with Gasteiger partial charge in [0.05, 0.1) is 10.9 Å². The maximum Gasteiger partial charge on any atom is 0.259 e. The minimum atomic E-state index is -0.117. The molecule has 0 aliphatic carbocycles. The molecule has 0 aliphatic rings. The van der Waals surface area contributed by atoms with Crippen LogP contribution in [0.5, 0.6) is 0 Å². The standard InChI is InChI=1S/C19H15N3O/c1-22-12-13(14-6-3-5-9-17(14)22)10-11-18-20-16-8-4-2-7-15(16)19(23)21-18/h2-12H,1H3,(H,20,21,23). The molecule has 112 valence electrons. The lowest BCUT2D eigenvalue weighted by molar-refractivity contribution is 0.968. The Morgan fingerprint density at radius 3 is 2.61 bits per heavy atom. The van der Waals surface area contributed by atoms with E-state index in [1.165, 1.54) is 10.9 Å². The van der Waals surface area contributed by atoms with Crippen molar-refractivity contribution in [2.45, 2.75) is 0 Å². The number of fused-ring (bicyclic) bond motifs is 2. The lowest BCUT2D eigenvalue weighted by Gasteiger charge is -1.98. The van der Waals surface area contributed by atoms with Crippen LogP contribution in [-0.4, -0.2) is 14.5 Å². The second-order valence-corrected chi connectivity index (χ2v) is 5.51. The molecule has 23 heavy (non-hydrogen) atoms. The SMILES string of the molecule is Cn1cc(C=Cc2nc3ccccc3c(=O)[nH]2)c2ccccc21. The first kappa shape index (κ1) is 13.5. The fourth-order valence-electron chi connectivity index (χ4n) is 2.86. The highest BCUT2D eigenvalue weighted by Gasteiger charge is 2.04. The van der Waals surface area contributed by atoms with E-state index < -0.39 is 0 Å². The summed E-state index contributed by atoms with van der Waals surface area (Å²) in [7, 11) is 2.02. The van der Waals surface area contributed by atoms with Crippen molar-refractivity contribution in [1.29, 1.82) is 0 Å². The normalized spacial score (nSPS) is 11.7. The van der Waals surface area contributed by atoms with E-state index in [1.54, 1.807) is 6.07 Å². The van der Waals surface area contributed by atoms with Crippen molar-refractivity contribution in [1.82, 2.24) is 14.5 Å². The van der Waals surface area contributed by atoms with Crippen molar-refractivity contribution in [3.05, 3.63) is 76.5 Å². The fraction of sp³-hybridized carbons (Fsp3) is 0.0526. The van der Waals surface area contributed by atoms with Gasteiger partial charge in [0.2, 0.25) is 0 Å². The minimum Gasteiger partial charge on any atom is -0.350 e. The highest BCUT2D eigenvalue weighted by atomic mass is 16.1. The van der Waals surface area contributed by atoms with Crippen LogP contribution < -0.4 is 5.56 Å². The van der Waals surface area contributed by atoms with Gasteiger partial charge in [-0.05, 0) is 30.4 Å². The zero-order valence-corrected chi connectivity index (χ0v) is 12.7. The molecule has 0 spiro atoms. The molecule has 0 saturated carbocycles. The van der Waals surface area contributed by atoms with Crippen LogP contribution in [0.1, 0.15) is 11.4 Å². The lowest BCUT2D eigenvalue weighted by Crippen LogP contribution is -2.09. The zero-order valence-electron chi connectivity index (χ0n) is 12.7. The predicted molar refractivity (Wildman–Crippen MR) is 94.2 cm³/mol. The van der Waals surface area contributed by atoms with Gasteiger partial charge in [0, 0.05) is 29.7 Å². The molecule has 4 rings (SSSR count). The monoisotopic (exact) mass is 301 g/mol. The molecule has 0 radical (unpaired) electrons. The summed E-state index contributed by atoms with van der Waals surface area (Å²) in [5.74, 6) is 0.557. The Labute approximate surface area is 132 Å². The second-order valence-electron chi connectivity index (χ2n) is 5.51. The van der Waals surface area contributed by atoms with Gasteiger partial charge in [-0.1, -0.05) is 30.3 Å². The first-order chi connectivity index (χ1) is 11.2. The Balaban J connectivity index is 1.80. The average molecular weight is 301 g/mol. The molecule has 2 heterocycles. The van der Waals surface area contributed by atoms with E-state index in [0.29, 0.717) is 16.7 Å². The van der Waals surface area contributed by atoms with E-state index >= 15 is 0 Å². The first-order valence-corrected chi connectivity index (χ1v) is 7.43. The van der Waals surface area contributed by atoms with E-state index in [-0.39, 0.29) is 5.56 Å². The zero-order chi connectivity index (χ0) is 15.8. The summed E-state index contributed by atoms with van der Waals surface area (Å²) >= 11 is 0.